The van der Waals surface area contributed by atoms with Crippen LogP contribution in [0, 0.1) is 5.92 Å². The number of rotatable bonds is 14. The molecule has 0 saturated carbocycles. The van der Waals surface area contributed by atoms with E-state index in [0.29, 0.717) is 0 Å². The van der Waals surface area contributed by atoms with Crippen LogP contribution >= 0.6 is 0 Å². The summed E-state index contributed by atoms with van der Waals surface area (Å²) in [7, 11) is 0. The van der Waals surface area contributed by atoms with Crippen molar-refractivity contribution in [2.45, 2.75) is 122 Å². The number of ether oxygens (including phenoxy) is 3. The minimum absolute atomic E-state index is 0.0245. The lowest BCUT2D eigenvalue weighted by atomic mass is 9.92. The number of esters is 1. The monoisotopic (exact) mass is 368 g/mol. The van der Waals surface area contributed by atoms with Gasteiger partial charge >= 0.3 is 5.97 Å². The second kappa shape index (κ2) is 12.7. The molecule has 2 aliphatic heterocycles. The van der Waals surface area contributed by atoms with Gasteiger partial charge in [0, 0.05) is 13.0 Å². The van der Waals surface area contributed by atoms with E-state index < -0.39 is 0 Å². The number of hydrogen-bond acceptors (Lipinski definition) is 4. The van der Waals surface area contributed by atoms with Crippen molar-refractivity contribution in [3.05, 3.63) is 0 Å². The molecule has 26 heavy (non-hydrogen) atoms. The van der Waals surface area contributed by atoms with Gasteiger partial charge in [-0.1, -0.05) is 64.7 Å². The van der Waals surface area contributed by atoms with Gasteiger partial charge in [0.15, 0.2) is 6.29 Å². The first-order chi connectivity index (χ1) is 12.7. The minimum atomic E-state index is -0.0641. The Morgan fingerprint density at radius 1 is 1.04 bits per heavy atom. The van der Waals surface area contributed by atoms with E-state index in [1.165, 1.54) is 64.2 Å². The molecule has 4 unspecified atom stereocenters. The van der Waals surface area contributed by atoms with Crippen LogP contribution in [0.15, 0.2) is 0 Å². The number of carbonyl (C=O) groups is 1. The number of carbonyl (C=O) groups excluding carboxylic acids is 1. The summed E-state index contributed by atoms with van der Waals surface area (Å²) in [5, 5.41) is 0. The molecule has 2 aliphatic rings. The molecule has 0 spiro atoms. The van der Waals surface area contributed by atoms with E-state index in [2.05, 4.69) is 6.92 Å². The number of cyclic esters (lactones) is 1. The van der Waals surface area contributed by atoms with E-state index in [9.17, 15) is 4.79 Å². The van der Waals surface area contributed by atoms with Gasteiger partial charge in [0.2, 0.25) is 0 Å². The zero-order valence-electron chi connectivity index (χ0n) is 17.0. The van der Waals surface area contributed by atoms with Crippen molar-refractivity contribution >= 4 is 5.97 Å². The zero-order valence-corrected chi connectivity index (χ0v) is 17.0. The average molecular weight is 369 g/mol. The molecule has 4 atom stereocenters. The van der Waals surface area contributed by atoms with Crippen LogP contribution in [-0.2, 0) is 19.0 Å². The van der Waals surface area contributed by atoms with Crippen molar-refractivity contribution in [2.24, 2.45) is 5.92 Å². The summed E-state index contributed by atoms with van der Waals surface area (Å²) >= 11 is 0. The van der Waals surface area contributed by atoms with Crippen LogP contribution in [-0.4, -0.2) is 31.1 Å². The second-order valence-corrected chi connectivity index (χ2v) is 8.17. The minimum Gasteiger partial charge on any atom is -0.461 e. The molecular weight excluding hydrogens is 328 g/mol. The van der Waals surface area contributed by atoms with E-state index in [4.69, 9.17) is 14.2 Å². The first-order valence-electron chi connectivity index (χ1n) is 11.2. The van der Waals surface area contributed by atoms with Crippen LogP contribution in [0.4, 0.5) is 0 Å². The molecule has 0 aromatic carbocycles. The maximum absolute atomic E-state index is 11.4. The molecule has 4 heteroatoms. The van der Waals surface area contributed by atoms with Gasteiger partial charge in [-0.3, -0.25) is 4.79 Å². The van der Waals surface area contributed by atoms with Crippen molar-refractivity contribution < 1.29 is 19.0 Å². The van der Waals surface area contributed by atoms with Crippen molar-refractivity contribution in [2.75, 3.05) is 6.61 Å². The van der Waals surface area contributed by atoms with E-state index in [1.54, 1.807) is 0 Å². The van der Waals surface area contributed by atoms with Gasteiger partial charge in [0.25, 0.3) is 0 Å². The van der Waals surface area contributed by atoms with Crippen LogP contribution in [0.2, 0.25) is 0 Å². The molecule has 4 nitrogen and oxygen atoms in total. The SMILES string of the molecule is CCCCCCCCCCCC(CC1OC(=O)C1C)OC1CCCCO1. The summed E-state index contributed by atoms with van der Waals surface area (Å²) in [5.74, 6) is -0.0396. The summed E-state index contributed by atoms with van der Waals surface area (Å²) in [6.07, 6.45) is 17.4. The largest absolute Gasteiger partial charge is 0.461 e. The van der Waals surface area contributed by atoms with Gasteiger partial charge in [-0.05, 0) is 32.6 Å². The number of hydrogen-bond donors (Lipinski definition) is 0. The fraction of sp³-hybridized carbons (Fsp3) is 0.955. The first-order valence-corrected chi connectivity index (χ1v) is 11.2. The molecule has 0 aromatic rings. The lowest BCUT2D eigenvalue weighted by Gasteiger charge is -2.36. The van der Waals surface area contributed by atoms with Gasteiger partial charge in [-0.15, -0.1) is 0 Å². The molecule has 0 bridgehead atoms. The van der Waals surface area contributed by atoms with Gasteiger partial charge in [0.1, 0.15) is 6.10 Å². The van der Waals surface area contributed by atoms with Crippen molar-refractivity contribution in [3.8, 4) is 0 Å². The molecule has 0 aromatic heterocycles. The van der Waals surface area contributed by atoms with E-state index in [-0.39, 0.29) is 30.4 Å². The van der Waals surface area contributed by atoms with Crippen LogP contribution in [0.25, 0.3) is 0 Å². The molecule has 0 aliphatic carbocycles. The van der Waals surface area contributed by atoms with Crippen LogP contribution in [0.3, 0.4) is 0 Å². The highest BCUT2D eigenvalue weighted by molar-refractivity contribution is 5.77. The Morgan fingerprint density at radius 2 is 1.73 bits per heavy atom. The van der Waals surface area contributed by atoms with Crippen LogP contribution in [0.5, 0.6) is 0 Å². The molecule has 2 fully saturated rings. The quantitative estimate of drug-likeness (QED) is 0.288. The molecule has 2 heterocycles. The van der Waals surface area contributed by atoms with Crippen LogP contribution < -0.4 is 0 Å². The summed E-state index contributed by atoms with van der Waals surface area (Å²) in [4.78, 5) is 11.4. The van der Waals surface area contributed by atoms with E-state index in [0.717, 1.165) is 32.3 Å². The summed E-state index contributed by atoms with van der Waals surface area (Å²) in [5.41, 5.74) is 0. The second-order valence-electron chi connectivity index (χ2n) is 8.17. The highest BCUT2D eigenvalue weighted by Crippen LogP contribution is 2.29. The molecular formula is C22H40O4. The van der Waals surface area contributed by atoms with Crippen molar-refractivity contribution in [3.63, 3.8) is 0 Å². The highest BCUT2D eigenvalue weighted by Gasteiger charge is 2.40. The van der Waals surface area contributed by atoms with Gasteiger partial charge in [-0.25, -0.2) is 0 Å². The highest BCUT2D eigenvalue weighted by atomic mass is 16.7. The van der Waals surface area contributed by atoms with E-state index in [1.807, 2.05) is 6.92 Å². The first kappa shape index (κ1) is 21.7. The Balaban J connectivity index is 1.60. The third-order valence-electron chi connectivity index (χ3n) is 5.80. The Labute approximate surface area is 160 Å². The molecule has 0 N–H and O–H groups in total. The van der Waals surface area contributed by atoms with E-state index >= 15 is 0 Å². The lowest BCUT2D eigenvalue weighted by molar-refractivity contribution is -0.209. The Morgan fingerprint density at radius 3 is 2.31 bits per heavy atom. The van der Waals surface area contributed by atoms with Gasteiger partial charge in [0.05, 0.1) is 12.0 Å². The predicted octanol–water partition coefficient (Wildman–Crippen LogP) is 5.77. The fourth-order valence-electron chi connectivity index (χ4n) is 3.91. The van der Waals surface area contributed by atoms with Gasteiger partial charge in [-0.2, -0.15) is 0 Å². The Bertz CT molecular complexity index is 378. The van der Waals surface area contributed by atoms with Crippen molar-refractivity contribution in [1.29, 1.82) is 0 Å². The third kappa shape index (κ3) is 7.96. The summed E-state index contributed by atoms with van der Waals surface area (Å²) in [6.45, 7) is 5.04. The third-order valence-corrected chi connectivity index (χ3v) is 5.80. The smallest absolute Gasteiger partial charge is 0.312 e. The fourth-order valence-corrected chi connectivity index (χ4v) is 3.91. The molecule has 0 amide bonds. The maximum atomic E-state index is 11.4. The Hall–Kier alpha value is -0.610. The zero-order chi connectivity index (χ0) is 18.6. The Kier molecular flexibility index (Phi) is 10.6. The predicted molar refractivity (Wildman–Crippen MR) is 104 cm³/mol. The van der Waals surface area contributed by atoms with Crippen molar-refractivity contribution in [1.82, 2.24) is 0 Å². The normalized spacial score (nSPS) is 27.0. The topological polar surface area (TPSA) is 44.8 Å². The average Bonchev–Trinajstić information content (AvgIpc) is 2.66. The standard InChI is InChI=1S/C22H40O4/c1-3-4-5-6-7-8-9-10-11-14-19(17-20-18(2)22(23)26-20)25-21-15-12-13-16-24-21/h18-21H,3-17H2,1-2H3. The molecule has 2 saturated heterocycles. The molecule has 2 rings (SSSR count). The van der Waals surface area contributed by atoms with Crippen LogP contribution in [0.1, 0.15) is 104 Å². The molecule has 0 radical (unpaired) electrons. The number of unbranched alkanes of at least 4 members (excludes halogenated alkanes) is 8. The summed E-state index contributed by atoms with van der Waals surface area (Å²) < 4.78 is 17.3. The van der Waals surface area contributed by atoms with Gasteiger partial charge < -0.3 is 14.2 Å². The lowest BCUT2D eigenvalue weighted by Crippen LogP contribution is -2.45. The molecule has 152 valence electrons. The summed E-state index contributed by atoms with van der Waals surface area (Å²) in [6, 6.07) is 0. The maximum Gasteiger partial charge on any atom is 0.312 e.